The van der Waals surface area contributed by atoms with Gasteiger partial charge in [0.1, 0.15) is 0 Å². The van der Waals surface area contributed by atoms with E-state index in [0.29, 0.717) is 16.5 Å². The Morgan fingerprint density at radius 2 is 2.00 bits per heavy atom. The zero-order valence-electron chi connectivity index (χ0n) is 10.0. The van der Waals surface area contributed by atoms with Crippen molar-refractivity contribution in [2.75, 3.05) is 0 Å². The molecule has 2 N–H and O–H groups in total. The Morgan fingerprint density at radius 3 is 2.72 bits per heavy atom. The van der Waals surface area contributed by atoms with Crippen molar-refractivity contribution in [3.8, 4) is 0 Å². The van der Waals surface area contributed by atoms with Gasteiger partial charge in [-0.15, -0.1) is 0 Å². The molecule has 1 unspecified atom stereocenters. The quantitative estimate of drug-likeness (QED) is 0.925. The molecule has 0 saturated carbocycles. The minimum absolute atomic E-state index is 0.180. The second kappa shape index (κ2) is 5.70. The molecular formula is C14H14Cl2N2. The minimum atomic E-state index is -0.180. The lowest BCUT2D eigenvalue weighted by molar-refractivity contribution is 0.693. The van der Waals surface area contributed by atoms with Crippen LogP contribution in [-0.4, -0.2) is 4.98 Å². The predicted molar refractivity (Wildman–Crippen MR) is 76.1 cm³/mol. The van der Waals surface area contributed by atoms with Gasteiger partial charge in [-0.1, -0.05) is 29.3 Å². The highest BCUT2D eigenvalue weighted by molar-refractivity contribution is 6.33. The Morgan fingerprint density at radius 1 is 1.22 bits per heavy atom. The Hall–Kier alpha value is -1.09. The number of aryl methyl sites for hydroxylation is 1. The molecule has 0 spiro atoms. The van der Waals surface area contributed by atoms with Gasteiger partial charge in [0, 0.05) is 15.7 Å². The summed E-state index contributed by atoms with van der Waals surface area (Å²) in [6.07, 6.45) is 0.621. The number of rotatable bonds is 3. The zero-order chi connectivity index (χ0) is 13.1. The molecule has 0 saturated heterocycles. The summed E-state index contributed by atoms with van der Waals surface area (Å²) in [5.41, 5.74) is 8.92. The lowest BCUT2D eigenvalue weighted by Gasteiger charge is -2.13. The Bertz CT molecular complexity index is 555. The standard InChI is InChI=1S/C14H14Cl2N2/c1-9-3-2-4-14(18-9)13(17)8-10-7-11(15)5-6-12(10)16/h2-7,13H,8,17H2,1H3. The molecule has 2 rings (SSSR count). The SMILES string of the molecule is Cc1cccc(C(N)Cc2cc(Cl)ccc2Cl)n1. The maximum absolute atomic E-state index is 6.15. The number of benzene rings is 1. The van der Waals surface area contributed by atoms with Gasteiger partial charge < -0.3 is 5.73 Å². The van der Waals surface area contributed by atoms with Crippen LogP contribution < -0.4 is 5.73 Å². The normalized spacial score (nSPS) is 12.4. The molecule has 1 atom stereocenters. The van der Waals surface area contributed by atoms with Crippen molar-refractivity contribution in [1.82, 2.24) is 4.98 Å². The molecule has 2 nitrogen and oxygen atoms in total. The second-order valence-electron chi connectivity index (χ2n) is 4.25. The number of hydrogen-bond acceptors (Lipinski definition) is 2. The average Bonchev–Trinajstić information content (AvgIpc) is 2.34. The smallest absolute Gasteiger partial charge is 0.0577 e. The molecule has 0 bridgehead atoms. The van der Waals surface area contributed by atoms with Crippen LogP contribution in [0.1, 0.15) is 23.0 Å². The number of hydrogen-bond donors (Lipinski definition) is 1. The van der Waals surface area contributed by atoms with Crippen molar-refractivity contribution >= 4 is 23.2 Å². The van der Waals surface area contributed by atoms with E-state index in [0.717, 1.165) is 17.0 Å². The Balaban J connectivity index is 2.21. The van der Waals surface area contributed by atoms with Crippen LogP contribution in [0, 0.1) is 6.92 Å². The van der Waals surface area contributed by atoms with E-state index in [-0.39, 0.29) is 6.04 Å². The molecular weight excluding hydrogens is 267 g/mol. The fourth-order valence-electron chi connectivity index (χ4n) is 1.81. The maximum atomic E-state index is 6.15. The molecule has 0 amide bonds. The molecule has 0 aliphatic rings. The first kappa shape index (κ1) is 13.3. The van der Waals surface area contributed by atoms with Gasteiger partial charge in [0.2, 0.25) is 0 Å². The van der Waals surface area contributed by atoms with Crippen LogP contribution in [0.2, 0.25) is 10.0 Å². The lowest BCUT2D eigenvalue weighted by Crippen LogP contribution is -2.15. The summed E-state index contributed by atoms with van der Waals surface area (Å²) in [7, 11) is 0. The van der Waals surface area contributed by atoms with E-state index in [1.807, 2.05) is 31.2 Å². The number of halogens is 2. The van der Waals surface area contributed by atoms with Crippen molar-refractivity contribution in [2.45, 2.75) is 19.4 Å². The first-order valence-corrected chi connectivity index (χ1v) is 6.45. The van der Waals surface area contributed by atoms with Crippen molar-refractivity contribution in [2.24, 2.45) is 5.73 Å². The van der Waals surface area contributed by atoms with E-state index in [9.17, 15) is 0 Å². The first-order valence-electron chi connectivity index (χ1n) is 5.69. The first-order chi connectivity index (χ1) is 8.56. The summed E-state index contributed by atoms with van der Waals surface area (Å²) in [5, 5.41) is 1.35. The van der Waals surface area contributed by atoms with Crippen LogP contribution in [0.15, 0.2) is 36.4 Å². The lowest BCUT2D eigenvalue weighted by atomic mass is 10.0. The van der Waals surface area contributed by atoms with Crippen LogP contribution in [-0.2, 0) is 6.42 Å². The molecule has 0 radical (unpaired) electrons. The highest BCUT2D eigenvalue weighted by atomic mass is 35.5. The van der Waals surface area contributed by atoms with Crippen molar-refractivity contribution < 1.29 is 0 Å². The van der Waals surface area contributed by atoms with Gasteiger partial charge in [0.25, 0.3) is 0 Å². The van der Waals surface area contributed by atoms with Crippen LogP contribution in [0.5, 0.6) is 0 Å². The molecule has 94 valence electrons. The van der Waals surface area contributed by atoms with Gasteiger partial charge in [-0.2, -0.15) is 0 Å². The fraction of sp³-hybridized carbons (Fsp3) is 0.214. The average molecular weight is 281 g/mol. The highest BCUT2D eigenvalue weighted by Gasteiger charge is 2.11. The number of pyridine rings is 1. The van der Waals surface area contributed by atoms with Gasteiger partial charge in [0.15, 0.2) is 0 Å². The third-order valence-corrected chi connectivity index (χ3v) is 3.34. The molecule has 1 heterocycles. The topological polar surface area (TPSA) is 38.9 Å². The van der Waals surface area contributed by atoms with Crippen molar-refractivity contribution in [1.29, 1.82) is 0 Å². The van der Waals surface area contributed by atoms with Gasteiger partial charge in [-0.05, 0) is 49.2 Å². The molecule has 18 heavy (non-hydrogen) atoms. The van der Waals surface area contributed by atoms with E-state index < -0.39 is 0 Å². The summed E-state index contributed by atoms with van der Waals surface area (Å²) < 4.78 is 0. The van der Waals surface area contributed by atoms with Gasteiger partial charge >= 0.3 is 0 Å². The zero-order valence-corrected chi connectivity index (χ0v) is 11.5. The number of aromatic nitrogens is 1. The summed E-state index contributed by atoms with van der Waals surface area (Å²) in [6, 6.07) is 11.1. The van der Waals surface area contributed by atoms with Crippen LogP contribution in [0.25, 0.3) is 0 Å². The minimum Gasteiger partial charge on any atom is -0.322 e. The molecule has 1 aromatic heterocycles. The third kappa shape index (κ3) is 3.22. The maximum Gasteiger partial charge on any atom is 0.0577 e. The highest BCUT2D eigenvalue weighted by Crippen LogP contribution is 2.24. The van der Waals surface area contributed by atoms with Gasteiger partial charge in [-0.25, -0.2) is 0 Å². The van der Waals surface area contributed by atoms with E-state index in [1.165, 1.54) is 0 Å². The van der Waals surface area contributed by atoms with E-state index in [4.69, 9.17) is 28.9 Å². The van der Waals surface area contributed by atoms with Gasteiger partial charge in [-0.3, -0.25) is 4.98 Å². The number of nitrogens with two attached hydrogens (primary N) is 1. The van der Waals surface area contributed by atoms with E-state index in [1.54, 1.807) is 12.1 Å². The van der Waals surface area contributed by atoms with E-state index >= 15 is 0 Å². The second-order valence-corrected chi connectivity index (χ2v) is 5.09. The molecule has 0 fully saturated rings. The largest absolute Gasteiger partial charge is 0.322 e. The molecule has 0 aliphatic heterocycles. The van der Waals surface area contributed by atoms with Crippen LogP contribution in [0.4, 0.5) is 0 Å². The van der Waals surface area contributed by atoms with Crippen LogP contribution in [0.3, 0.4) is 0 Å². The summed E-state index contributed by atoms with van der Waals surface area (Å²) >= 11 is 12.1. The van der Waals surface area contributed by atoms with E-state index in [2.05, 4.69) is 4.98 Å². The molecule has 0 aliphatic carbocycles. The van der Waals surface area contributed by atoms with Crippen molar-refractivity contribution in [3.63, 3.8) is 0 Å². The fourth-order valence-corrected chi connectivity index (χ4v) is 2.20. The monoisotopic (exact) mass is 280 g/mol. The molecule has 1 aromatic carbocycles. The Labute approximate surface area is 117 Å². The predicted octanol–water partition coefficient (Wildman–Crippen LogP) is 3.94. The Kier molecular flexibility index (Phi) is 4.23. The summed E-state index contributed by atoms with van der Waals surface area (Å²) in [4.78, 5) is 4.42. The summed E-state index contributed by atoms with van der Waals surface area (Å²) in [5.74, 6) is 0. The van der Waals surface area contributed by atoms with Crippen LogP contribution >= 0.6 is 23.2 Å². The molecule has 2 aromatic rings. The number of nitrogens with zero attached hydrogens (tertiary/aromatic N) is 1. The molecule has 4 heteroatoms. The summed E-state index contributed by atoms with van der Waals surface area (Å²) in [6.45, 7) is 1.95. The van der Waals surface area contributed by atoms with Crippen molar-refractivity contribution in [3.05, 3.63) is 63.4 Å². The third-order valence-electron chi connectivity index (χ3n) is 2.74. The van der Waals surface area contributed by atoms with Gasteiger partial charge in [0.05, 0.1) is 11.7 Å².